The fourth-order valence-electron chi connectivity index (χ4n) is 5.41. The van der Waals surface area contributed by atoms with Gasteiger partial charge in [-0.25, -0.2) is 13.8 Å². The molecule has 1 aliphatic rings. The highest BCUT2D eigenvalue weighted by Gasteiger charge is 2.30. The van der Waals surface area contributed by atoms with Crippen molar-refractivity contribution < 1.29 is 27.3 Å². The lowest BCUT2D eigenvalue weighted by Crippen LogP contribution is -2.46. The first kappa shape index (κ1) is 34.4. The highest BCUT2D eigenvalue weighted by atomic mass is 35.5. The standard InChI is InChI=1S/C32H40ClFN5O6P/c1-4-43-46(41,44-5-2)45-18-24-17-42-19-29(36-24)22-9-11-25(12-10-22)39-16-23-15-28(37-31(23)38-32(39)40)26-13-21(8-6-7-20(3)35)14-27(33)30(26)34/h9-16,20,24,29,36H,4-8,17-19,35H2,1-3H3,(H,37,38,40)/t20-,24-,29+/m0/s1. The number of halogens is 2. The van der Waals surface area contributed by atoms with Crippen LogP contribution in [0.4, 0.5) is 4.39 Å². The molecule has 4 N–H and O–H groups in total. The molecule has 0 bridgehead atoms. The number of aromatic amines is 1. The van der Waals surface area contributed by atoms with Crippen LogP contribution in [0.3, 0.4) is 0 Å². The molecule has 2 aromatic heterocycles. The first-order chi connectivity index (χ1) is 22.1. The Morgan fingerprint density at radius 3 is 2.59 bits per heavy atom. The number of morpholine rings is 1. The molecule has 1 saturated heterocycles. The maximum absolute atomic E-state index is 15.1. The predicted octanol–water partition coefficient (Wildman–Crippen LogP) is 6.07. The third-order valence-electron chi connectivity index (χ3n) is 7.63. The van der Waals surface area contributed by atoms with Crippen LogP contribution in [0, 0.1) is 5.82 Å². The predicted molar refractivity (Wildman–Crippen MR) is 176 cm³/mol. The lowest BCUT2D eigenvalue weighted by molar-refractivity contribution is 0.0211. The number of H-pyrrole nitrogens is 1. The summed E-state index contributed by atoms with van der Waals surface area (Å²) in [5.41, 5.74) is 8.98. The molecule has 3 atom stereocenters. The summed E-state index contributed by atoms with van der Waals surface area (Å²) in [6.07, 6.45) is 4.10. The van der Waals surface area contributed by atoms with Gasteiger partial charge in [-0.05, 0) is 81.5 Å². The quantitative estimate of drug-likeness (QED) is 0.136. The van der Waals surface area contributed by atoms with Crippen LogP contribution < -0.4 is 16.7 Å². The lowest BCUT2D eigenvalue weighted by atomic mass is 10.0. The topological polar surface area (TPSA) is 143 Å². The Kier molecular flexibility index (Phi) is 11.5. The SMILES string of the molecule is CCOP(=O)(OCC)OC[C@@H]1COC[C@H](c2ccc(-n3cc4cc(-c5cc(CCC[C@H](C)N)cc(Cl)c5F)[nH]c4nc3=O)cc2)N1. The third kappa shape index (κ3) is 8.31. The summed E-state index contributed by atoms with van der Waals surface area (Å²) < 4.78 is 51.0. The molecule has 3 heterocycles. The van der Waals surface area contributed by atoms with Crippen molar-refractivity contribution in [1.29, 1.82) is 0 Å². The van der Waals surface area contributed by atoms with Crippen LogP contribution in [-0.2, 0) is 29.3 Å². The highest BCUT2D eigenvalue weighted by Crippen LogP contribution is 2.49. The minimum absolute atomic E-state index is 0.0345. The van der Waals surface area contributed by atoms with Crippen molar-refractivity contribution in [3.63, 3.8) is 0 Å². The molecule has 14 heteroatoms. The molecule has 0 saturated carbocycles. The van der Waals surface area contributed by atoms with Crippen molar-refractivity contribution in [1.82, 2.24) is 19.9 Å². The zero-order valence-electron chi connectivity index (χ0n) is 26.1. The molecular formula is C32H40ClFN5O6P. The van der Waals surface area contributed by atoms with Crippen LogP contribution >= 0.6 is 19.4 Å². The second-order valence-corrected chi connectivity index (χ2v) is 13.4. The van der Waals surface area contributed by atoms with Gasteiger partial charge < -0.3 is 20.8 Å². The molecule has 1 aliphatic heterocycles. The van der Waals surface area contributed by atoms with Crippen LogP contribution in [0.15, 0.2) is 53.5 Å². The van der Waals surface area contributed by atoms with E-state index in [0.717, 1.165) is 24.0 Å². The number of nitrogens with zero attached hydrogens (tertiary/aromatic N) is 2. The second kappa shape index (κ2) is 15.3. The van der Waals surface area contributed by atoms with E-state index in [9.17, 15) is 9.36 Å². The van der Waals surface area contributed by atoms with E-state index in [-0.39, 0.29) is 43.0 Å². The van der Waals surface area contributed by atoms with Crippen molar-refractivity contribution in [3.05, 3.63) is 81.1 Å². The third-order valence-corrected chi connectivity index (χ3v) is 9.52. The summed E-state index contributed by atoms with van der Waals surface area (Å²) in [5, 5.41) is 4.13. The van der Waals surface area contributed by atoms with Crippen molar-refractivity contribution in [3.8, 4) is 16.9 Å². The summed E-state index contributed by atoms with van der Waals surface area (Å²) >= 11 is 6.25. The fraction of sp³-hybridized carbons (Fsp3) is 0.438. The number of aryl methyl sites for hydroxylation is 1. The van der Waals surface area contributed by atoms with Crippen LogP contribution in [0.1, 0.15) is 50.8 Å². The van der Waals surface area contributed by atoms with E-state index < -0.39 is 19.3 Å². The van der Waals surface area contributed by atoms with Crippen molar-refractivity contribution in [2.24, 2.45) is 5.73 Å². The molecule has 0 amide bonds. The first-order valence-electron chi connectivity index (χ1n) is 15.4. The molecule has 0 radical (unpaired) electrons. The maximum Gasteiger partial charge on any atom is 0.474 e. The number of phosphoric acid groups is 1. The molecule has 1 fully saturated rings. The molecule has 248 valence electrons. The number of benzene rings is 2. The molecule has 0 aliphatic carbocycles. The smallest absolute Gasteiger partial charge is 0.378 e. The van der Waals surface area contributed by atoms with Crippen LogP contribution in [-0.4, -0.2) is 59.7 Å². The Labute approximate surface area is 272 Å². The van der Waals surface area contributed by atoms with E-state index in [1.807, 2.05) is 31.2 Å². The number of ether oxygens (including phenoxy) is 1. The van der Waals surface area contributed by atoms with Gasteiger partial charge in [0.25, 0.3) is 0 Å². The number of hydrogen-bond acceptors (Lipinski definition) is 9. The Morgan fingerprint density at radius 2 is 1.89 bits per heavy atom. The Hall–Kier alpha value is -2.93. The number of hydrogen-bond donors (Lipinski definition) is 3. The van der Waals surface area contributed by atoms with E-state index in [4.69, 9.17) is 35.6 Å². The van der Waals surface area contributed by atoms with E-state index in [1.165, 1.54) is 4.57 Å². The van der Waals surface area contributed by atoms with Gasteiger partial charge >= 0.3 is 13.5 Å². The highest BCUT2D eigenvalue weighted by molar-refractivity contribution is 7.48. The lowest BCUT2D eigenvalue weighted by Gasteiger charge is -2.32. The van der Waals surface area contributed by atoms with E-state index >= 15 is 4.39 Å². The van der Waals surface area contributed by atoms with Gasteiger partial charge in [-0.1, -0.05) is 23.7 Å². The molecule has 5 rings (SSSR count). The zero-order chi connectivity index (χ0) is 32.8. The maximum atomic E-state index is 15.1. The summed E-state index contributed by atoms with van der Waals surface area (Å²) in [6, 6.07) is 12.3. The average molecular weight is 676 g/mol. The Morgan fingerprint density at radius 1 is 1.15 bits per heavy atom. The van der Waals surface area contributed by atoms with E-state index in [0.29, 0.717) is 47.6 Å². The summed E-state index contributed by atoms with van der Waals surface area (Å²) in [4.78, 5) is 20.3. The zero-order valence-corrected chi connectivity index (χ0v) is 27.8. The molecule has 2 aromatic carbocycles. The Balaban J connectivity index is 1.31. The fourth-order valence-corrected chi connectivity index (χ4v) is 6.87. The minimum Gasteiger partial charge on any atom is -0.378 e. The number of fused-ring (bicyclic) bond motifs is 1. The molecule has 0 spiro atoms. The average Bonchev–Trinajstić information content (AvgIpc) is 3.44. The summed E-state index contributed by atoms with van der Waals surface area (Å²) in [6.45, 7) is 6.69. The Bertz CT molecular complexity index is 1740. The number of rotatable bonds is 14. The largest absolute Gasteiger partial charge is 0.474 e. The molecule has 0 unspecified atom stereocenters. The van der Waals surface area contributed by atoms with E-state index in [1.54, 1.807) is 38.2 Å². The van der Waals surface area contributed by atoms with Crippen molar-refractivity contribution >= 4 is 30.5 Å². The van der Waals surface area contributed by atoms with Gasteiger partial charge in [0, 0.05) is 23.2 Å². The molecule has 46 heavy (non-hydrogen) atoms. The van der Waals surface area contributed by atoms with Gasteiger partial charge in [-0.2, -0.15) is 4.98 Å². The van der Waals surface area contributed by atoms with Crippen LogP contribution in [0.25, 0.3) is 28.0 Å². The summed E-state index contributed by atoms with van der Waals surface area (Å²) in [7, 11) is -3.64. The number of nitrogens with two attached hydrogens (primary N) is 1. The summed E-state index contributed by atoms with van der Waals surface area (Å²) in [5.74, 6) is -0.540. The molecule has 4 aromatic rings. The van der Waals surface area contributed by atoms with Crippen molar-refractivity contribution in [2.45, 2.75) is 58.2 Å². The van der Waals surface area contributed by atoms with Gasteiger partial charge in [0.15, 0.2) is 5.82 Å². The normalized spacial score (nSPS) is 17.9. The van der Waals surface area contributed by atoms with Crippen LogP contribution in [0.2, 0.25) is 5.02 Å². The van der Waals surface area contributed by atoms with Gasteiger partial charge in [0.05, 0.1) is 61.5 Å². The molecule has 11 nitrogen and oxygen atoms in total. The number of aromatic nitrogens is 3. The van der Waals surface area contributed by atoms with Gasteiger partial charge in [-0.3, -0.25) is 18.1 Å². The minimum atomic E-state index is -3.64. The number of phosphoric ester groups is 1. The van der Waals surface area contributed by atoms with Gasteiger partial charge in [0.2, 0.25) is 0 Å². The van der Waals surface area contributed by atoms with E-state index in [2.05, 4.69) is 15.3 Å². The van der Waals surface area contributed by atoms with Crippen LogP contribution in [0.5, 0.6) is 0 Å². The first-order valence-corrected chi connectivity index (χ1v) is 17.3. The molecular weight excluding hydrogens is 636 g/mol. The second-order valence-electron chi connectivity index (χ2n) is 11.3. The van der Waals surface area contributed by atoms with Crippen molar-refractivity contribution in [2.75, 3.05) is 33.0 Å². The van der Waals surface area contributed by atoms with Gasteiger partial charge in [0.1, 0.15) is 5.65 Å². The monoisotopic (exact) mass is 675 g/mol. The number of nitrogens with one attached hydrogen (secondary N) is 2. The van der Waals surface area contributed by atoms with Gasteiger partial charge in [-0.15, -0.1) is 0 Å².